The average Bonchev–Trinajstić information content (AvgIpc) is 2.57. The molecule has 0 aromatic heterocycles. The third-order valence-corrected chi connectivity index (χ3v) is 5.85. The Hall–Kier alpha value is -2.29. The fraction of sp³-hybridized carbons (Fsp3) is 0.458. The molecule has 3 nitrogen and oxygen atoms in total. The number of carbonyl (C=O) groups excluding carboxylic acids is 1. The molecule has 148 valence electrons. The van der Waals surface area contributed by atoms with E-state index in [0.29, 0.717) is 22.8 Å². The second kappa shape index (κ2) is 9.07. The van der Waals surface area contributed by atoms with E-state index >= 15 is 0 Å². The molecular weight excluding hydrogens is 334 g/mol. The van der Waals surface area contributed by atoms with Gasteiger partial charge in [-0.3, -0.25) is 4.79 Å². The molecule has 0 saturated heterocycles. The first kappa shape index (κ1) is 22.8. The van der Waals surface area contributed by atoms with Crippen LogP contribution in [-0.2, 0) is 11.2 Å². The van der Waals surface area contributed by atoms with Crippen LogP contribution in [0.1, 0.15) is 64.7 Å². The van der Waals surface area contributed by atoms with Crippen LogP contribution < -0.4 is 5.73 Å². The minimum Gasteiger partial charge on any atom is -0.508 e. The van der Waals surface area contributed by atoms with E-state index in [0.717, 1.165) is 29.5 Å². The molecule has 0 saturated carbocycles. The van der Waals surface area contributed by atoms with Gasteiger partial charge in [0.25, 0.3) is 0 Å². The molecule has 0 bridgehead atoms. The van der Waals surface area contributed by atoms with E-state index in [-0.39, 0.29) is 16.9 Å². The summed E-state index contributed by atoms with van der Waals surface area (Å²) < 4.78 is 0. The predicted octanol–water partition coefficient (Wildman–Crippen LogP) is 5.71. The summed E-state index contributed by atoms with van der Waals surface area (Å²) in [5, 5.41) is 10.2. The standard InChI is InChI=1S/C24H35NO2/c1-9-20(18(6)26)15(3)12-22(25)21-14-23(27)16(4)11-19(21)13-17(5)24(7,8)10-2/h9,11-12,14,17,27H,3,10,13,25H2,1-2,4-8H3/b20-9+,22-12-. The second-order valence-electron chi connectivity index (χ2n) is 8.13. The van der Waals surface area contributed by atoms with Gasteiger partial charge in [0.1, 0.15) is 5.75 Å². The second-order valence-corrected chi connectivity index (χ2v) is 8.13. The Morgan fingerprint density at radius 1 is 1.37 bits per heavy atom. The number of hydrogen-bond donors (Lipinski definition) is 2. The Morgan fingerprint density at radius 3 is 2.44 bits per heavy atom. The summed E-state index contributed by atoms with van der Waals surface area (Å²) in [5.74, 6) is 0.622. The number of hydrogen-bond acceptors (Lipinski definition) is 3. The molecule has 3 heteroatoms. The summed E-state index contributed by atoms with van der Waals surface area (Å²) >= 11 is 0. The van der Waals surface area contributed by atoms with Gasteiger partial charge in [-0.15, -0.1) is 0 Å². The third-order valence-electron chi connectivity index (χ3n) is 5.85. The zero-order valence-corrected chi connectivity index (χ0v) is 17.9. The van der Waals surface area contributed by atoms with Crippen LogP contribution in [0, 0.1) is 18.3 Å². The highest BCUT2D eigenvalue weighted by Gasteiger charge is 2.25. The molecule has 27 heavy (non-hydrogen) atoms. The summed E-state index contributed by atoms with van der Waals surface area (Å²) in [7, 11) is 0. The zero-order chi connectivity index (χ0) is 20.9. The summed E-state index contributed by atoms with van der Waals surface area (Å²) in [6.07, 6.45) is 5.42. The summed E-state index contributed by atoms with van der Waals surface area (Å²) in [4.78, 5) is 11.7. The highest BCUT2D eigenvalue weighted by atomic mass is 16.3. The molecule has 1 atom stereocenters. The van der Waals surface area contributed by atoms with Gasteiger partial charge in [0.15, 0.2) is 5.78 Å². The molecule has 1 aromatic carbocycles. The molecule has 1 rings (SSSR count). The van der Waals surface area contributed by atoms with E-state index in [1.807, 2.05) is 19.9 Å². The van der Waals surface area contributed by atoms with Gasteiger partial charge in [-0.2, -0.15) is 0 Å². The van der Waals surface area contributed by atoms with Gasteiger partial charge in [-0.25, -0.2) is 0 Å². The van der Waals surface area contributed by atoms with E-state index in [9.17, 15) is 9.90 Å². The normalized spacial score (nSPS) is 14.2. The van der Waals surface area contributed by atoms with Crippen LogP contribution in [0.25, 0.3) is 5.70 Å². The van der Waals surface area contributed by atoms with Crippen molar-refractivity contribution in [1.82, 2.24) is 0 Å². The lowest BCUT2D eigenvalue weighted by Crippen LogP contribution is -2.23. The van der Waals surface area contributed by atoms with Crippen molar-refractivity contribution in [2.24, 2.45) is 17.1 Å². The number of rotatable bonds is 8. The predicted molar refractivity (Wildman–Crippen MR) is 116 cm³/mol. The van der Waals surface area contributed by atoms with E-state index in [1.54, 1.807) is 18.2 Å². The number of phenols is 1. The maximum atomic E-state index is 11.7. The van der Waals surface area contributed by atoms with Crippen LogP contribution in [-0.4, -0.2) is 10.9 Å². The van der Waals surface area contributed by atoms with Gasteiger partial charge in [0.05, 0.1) is 0 Å². The molecule has 3 N–H and O–H groups in total. The molecule has 0 amide bonds. The summed E-state index contributed by atoms with van der Waals surface area (Å²) in [6, 6.07) is 3.73. The van der Waals surface area contributed by atoms with Crippen LogP contribution in [0.15, 0.2) is 42.0 Å². The Kier molecular flexibility index (Phi) is 7.65. The molecule has 0 aliphatic carbocycles. The lowest BCUT2D eigenvalue weighted by molar-refractivity contribution is -0.113. The summed E-state index contributed by atoms with van der Waals surface area (Å²) in [6.45, 7) is 18.2. The molecule has 1 aromatic rings. The first-order chi connectivity index (χ1) is 12.4. The molecule has 0 radical (unpaired) electrons. The molecule has 0 heterocycles. The Morgan fingerprint density at radius 2 is 1.96 bits per heavy atom. The maximum Gasteiger partial charge on any atom is 0.160 e. The number of aromatic hydroxyl groups is 1. The van der Waals surface area contributed by atoms with Crippen LogP contribution in [0.5, 0.6) is 5.75 Å². The van der Waals surface area contributed by atoms with Crippen molar-refractivity contribution < 1.29 is 9.90 Å². The highest BCUT2D eigenvalue weighted by molar-refractivity contribution is 5.98. The molecule has 1 unspecified atom stereocenters. The number of ketones is 1. The van der Waals surface area contributed by atoms with Crippen molar-refractivity contribution in [3.63, 3.8) is 0 Å². The smallest absolute Gasteiger partial charge is 0.160 e. The van der Waals surface area contributed by atoms with Crippen LogP contribution >= 0.6 is 0 Å². The van der Waals surface area contributed by atoms with Crippen molar-refractivity contribution in [1.29, 1.82) is 0 Å². The van der Waals surface area contributed by atoms with Crippen molar-refractivity contribution in [3.8, 4) is 5.75 Å². The average molecular weight is 370 g/mol. The first-order valence-corrected chi connectivity index (χ1v) is 9.61. The number of phenolic OH excluding ortho intramolecular Hbond substituents is 1. The van der Waals surface area contributed by atoms with E-state index in [1.165, 1.54) is 6.92 Å². The van der Waals surface area contributed by atoms with Gasteiger partial charge in [-0.05, 0) is 67.4 Å². The van der Waals surface area contributed by atoms with Crippen LogP contribution in [0.3, 0.4) is 0 Å². The lowest BCUT2D eigenvalue weighted by atomic mass is 9.74. The van der Waals surface area contributed by atoms with Gasteiger partial charge < -0.3 is 10.8 Å². The fourth-order valence-corrected chi connectivity index (χ4v) is 3.11. The van der Waals surface area contributed by atoms with Crippen LogP contribution in [0.4, 0.5) is 0 Å². The lowest BCUT2D eigenvalue weighted by Gasteiger charge is -2.31. The minimum atomic E-state index is -0.0446. The molecular formula is C24H35NO2. The first-order valence-electron chi connectivity index (χ1n) is 9.61. The Balaban J connectivity index is 3.38. The SMILES string of the molecule is C=C(/C=C(\N)c1cc(O)c(C)cc1CC(C)C(C)(C)CC)/C(=C\C)C(C)=O. The zero-order valence-electron chi connectivity index (χ0n) is 17.9. The number of aryl methyl sites for hydroxylation is 1. The van der Waals surface area contributed by atoms with E-state index in [4.69, 9.17) is 5.73 Å². The molecule has 0 aliphatic rings. The fourth-order valence-electron chi connectivity index (χ4n) is 3.11. The van der Waals surface area contributed by atoms with E-state index in [2.05, 4.69) is 34.3 Å². The van der Waals surface area contributed by atoms with Gasteiger partial charge >= 0.3 is 0 Å². The van der Waals surface area contributed by atoms with Crippen molar-refractivity contribution in [2.75, 3.05) is 0 Å². The minimum absolute atomic E-state index is 0.0446. The number of nitrogens with two attached hydrogens (primary N) is 1. The van der Waals surface area contributed by atoms with Crippen molar-refractivity contribution >= 4 is 11.5 Å². The highest BCUT2D eigenvalue weighted by Crippen LogP contribution is 2.35. The number of carbonyl (C=O) groups is 1. The van der Waals surface area contributed by atoms with Gasteiger partial charge in [0, 0.05) is 16.8 Å². The quantitative estimate of drug-likeness (QED) is 0.456. The Bertz CT molecular complexity index is 782. The van der Waals surface area contributed by atoms with Crippen molar-refractivity contribution in [2.45, 2.75) is 61.3 Å². The Labute approximate surface area is 164 Å². The number of allylic oxidation sites excluding steroid dienone is 4. The largest absolute Gasteiger partial charge is 0.508 e. The van der Waals surface area contributed by atoms with Crippen LogP contribution in [0.2, 0.25) is 0 Å². The maximum absolute atomic E-state index is 11.7. The molecule has 0 aliphatic heterocycles. The van der Waals surface area contributed by atoms with E-state index < -0.39 is 0 Å². The molecule has 0 fully saturated rings. The number of benzene rings is 1. The topological polar surface area (TPSA) is 63.3 Å². The molecule has 0 spiro atoms. The van der Waals surface area contributed by atoms with Crippen molar-refractivity contribution in [3.05, 3.63) is 58.7 Å². The monoisotopic (exact) mass is 369 g/mol. The van der Waals surface area contributed by atoms with Gasteiger partial charge in [0.2, 0.25) is 0 Å². The van der Waals surface area contributed by atoms with Gasteiger partial charge in [-0.1, -0.05) is 52.8 Å². The number of Topliss-reactive ketones (excluding diaryl/α,β-unsaturated/α-hetero) is 1. The summed E-state index contributed by atoms with van der Waals surface area (Å²) in [5.41, 5.74) is 11.0. The third kappa shape index (κ3) is 5.59.